The van der Waals surface area contributed by atoms with Gasteiger partial charge in [-0.15, -0.1) is 11.3 Å². The molecule has 0 fully saturated rings. The van der Waals surface area contributed by atoms with Crippen LogP contribution in [0, 0.1) is 6.92 Å². The minimum atomic E-state index is -0.441. The molecule has 0 bridgehead atoms. The fraction of sp³-hybridized carbons (Fsp3) is 0.263. The van der Waals surface area contributed by atoms with Gasteiger partial charge in [0.25, 0.3) is 11.5 Å². The molecular weight excluding hydrogens is 348 g/mol. The molecule has 3 aromatic rings. The van der Waals surface area contributed by atoms with Crippen LogP contribution in [0.5, 0.6) is 0 Å². The molecule has 26 heavy (non-hydrogen) atoms. The summed E-state index contributed by atoms with van der Waals surface area (Å²) in [5, 5.41) is 9.46. The van der Waals surface area contributed by atoms with Gasteiger partial charge in [0.05, 0.1) is 22.0 Å². The van der Waals surface area contributed by atoms with E-state index in [0.717, 1.165) is 10.6 Å². The quantitative estimate of drug-likeness (QED) is 0.566. The number of aryl methyl sites for hydroxylation is 1. The second-order valence-electron chi connectivity index (χ2n) is 6.29. The van der Waals surface area contributed by atoms with Crippen LogP contribution in [-0.2, 0) is 0 Å². The van der Waals surface area contributed by atoms with Gasteiger partial charge in [0.15, 0.2) is 5.69 Å². The molecule has 134 valence electrons. The number of aromatic nitrogens is 2. The van der Waals surface area contributed by atoms with Gasteiger partial charge < -0.3 is 0 Å². The molecule has 0 aliphatic carbocycles. The van der Waals surface area contributed by atoms with Crippen molar-refractivity contribution in [3.05, 3.63) is 62.2 Å². The van der Waals surface area contributed by atoms with E-state index in [1.54, 1.807) is 35.6 Å². The molecule has 1 N–H and O–H groups in total. The minimum absolute atomic E-state index is 0.155. The molecule has 0 atom stereocenters. The Labute approximate surface area is 155 Å². The highest BCUT2D eigenvalue weighted by Gasteiger charge is 2.17. The number of thiophene rings is 1. The zero-order chi connectivity index (χ0) is 18.8. The Morgan fingerprint density at radius 3 is 2.50 bits per heavy atom. The van der Waals surface area contributed by atoms with Crippen molar-refractivity contribution in [1.82, 2.24) is 15.2 Å². The summed E-state index contributed by atoms with van der Waals surface area (Å²) in [6.07, 6.45) is 0. The van der Waals surface area contributed by atoms with Crippen molar-refractivity contribution in [2.24, 2.45) is 5.10 Å². The highest BCUT2D eigenvalue weighted by molar-refractivity contribution is 7.14. The molecule has 1 amide bonds. The lowest BCUT2D eigenvalue weighted by Gasteiger charge is -2.12. The molecule has 3 rings (SSSR count). The number of nitrogens with zero attached hydrogens (tertiary/aromatic N) is 3. The largest absolute Gasteiger partial charge is 0.292 e. The van der Waals surface area contributed by atoms with Crippen molar-refractivity contribution in [1.29, 1.82) is 0 Å². The zero-order valence-corrected chi connectivity index (χ0v) is 15.9. The topological polar surface area (TPSA) is 76.3 Å². The number of fused-ring (bicyclic) bond motifs is 1. The number of amides is 1. The third-order valence-electron chi connectivity index (χ3n) is 3.95. The first-order valence-electron chi connectivity index (χ1n) is 8.31. The standard InChI is InChI=1S/C19H20N4O2S/c1-11(2)23-19(25)15-8-6-5-7-14(15)17(22-23)18(24)21-20-13(4)16-10-9-12(3)26-16/h5-11H,1-4H3,(H,21,24)/b20-13-. The first-order chi connectivity index (χ1) is 12.4. The summed E-state index contributed by atoms with van der Waals surface area (Å²) in [7, 11) is 0. The van der Waals surface area contributed by atoms with Crippen molar-refractivity contribution in [3.63, 3.8) is 0 Å². The number of nitrogens with one attached hydrogen (secondary N) is 1. The maximum Gasteiger partial charge on any atom is 0.292 e. The van der Waals surface area contributed by atoms with E-state index in [-0.39, 0.29) is 17.3 Å². The summed E-state index contributed by atoms with van der Waals surface area (Å²) >= 11 is 1.61. The number of rotatable bonds is 4. The van der Waals surface area contributed by atoms with E-state index in [2.05, 4.69) is 15.6 Å². The first kappa shape index (κ1) is 18.0. The lowest BCUT2D eigenvalue weighted by Crippen LogP contribution is -2.30. The van der Waals surface area contributed by atoms with Gasteiger partial charge in [-0.3, -0.25) is 9.59 Å². The van der Waals surface area contributed by atoms with Gasteiger partial charge in [-0.25, -0.2) is 10.1 Å². The molecule has 0 aliphatic heterocycles. The van der Waals surface area contributed by atoms with Gasteiger partial charge >= 0.3 is 0 Å². The third kappa shape index (κ3) is 3.43. The average Bonchev–Trinajstić information content (AvgIpc) is 3.06. The lowest BCUT2D eigenvalue weighted by molar-refractivity contribution is 0.0949. The lowest BCUT2D eigenvalue weighted by atomic mass is 10.1. The zero-order valence-electron chi connectivity index (χ0n) is 15.1. The fourth-order valence-electron chi connectivity index (χ4n) is 2.60. The second kappa shape index (κ2) is 7.21. The van der Waals surface area contributed by atoms with E-state index >= 15 is 0 Å². The van der Waals surface area contributed by atoms with Crippen molar-refractivity contribution in [2.45, 2.75) is 33.7 Å². The summed E-state index contributed by atoms with van der Waals surface area (Å²) in [4.78, 5) is 27.4. The Hall–Kier alpha value is -2.80. The maximum absolute atomic E-state index is 12.7. The molecule has 2 aromatic heterocycles. The number of carbonyl (C=O) groups excluding carboxylic acids is 1. The monoisotopic (exact) mass is 368 g/mol. The Balaban J connectivity index is 2.00. The average molecular weight is 368 g/mol. The number of benzene rings is 1. The Bertz CT molecular complexity index is 1060. The van der Waals surface area contributed by atoms with E-state index in [4.69, 9.17) is 0 Å². The van der Waals surface area contributed by atoms with Crippen LogP contribution in [0.1, 0.15) is 47.1 Å². The van der Waals surface area contributed by atoms with Crippen molar-refractivity contribution >= 4 is 33.7 Å². The maximum atomic E-state index is 12.7. The van der Waals surface area contributed by atoms with Crippen LogP contribution in [-0.4, -0.2) is 21.4 Å². The van der Waals surface area contributed by atoms with Crippen LogP contribution >= 0.6 is 11.3 Å². The van der Waals surface area contributed by atoms with E-state index < -0.39 is 5.91 Å². The van der Waals surface area contributed by atoms with Crippen molar-refractivity contribution < 1.29 is 4.79 Å². The molecule has 0 radical (unpaired) electrons. The second-order valence-corrected chi connectivity index (χ2v) is 7.57. The van der Waals surface area contributed by atoms with Crippen LogP contribution in [0.4, 0.5) is 0 Å². The predicted octanol–water partition coefficient (Wildman–Crippen LogP) is 3.50. The molecule has 7 heteroatoms. The van der Waals surface area contributed by atoms with Crippen molar-refractivity contribution in [2.75, 3.05) is 0 Å². The molecule has 2 heterocycles. The SMILES string of the molecule is C/C(=N/NC(=O)c1nn(C(C)C)c(=O)c2ccccc12)c1ccc(C)s1. The van der Waals surface area contributed by atoms with Crippen molar-refractivity contribution in [3.8, 4) is 0 Å². The van der Waals surface area contributed by atoms with E-state index in [0.29, 0.717) is 10.8 Å². The molecule has 0 aliphatic rings. The number of carbonyl (C=O) groups is 1. The number of hydrogen-bond acceptors (Lipinski definition) is 5. The highest BCUT2D eigenvalue weighted by Crippen LogP contribution is 2.17. The number of hydrogen-bond donors (Lipinski definition) is 1. The summed E-state index contributed by atoms with van der Waals surface area (Å²) in [5.41, 5.74) is 3.26. The summed E-state index contributed by atoms with van der Waals surface area (Å²) < 4.78 is 1.33. The van der Waals surface area contributed by atoms with Gasteiger partial charge in [0, 0.05) is 10.3 Å². The van der Waals surface area contributed by atoms with Gasteiger partial charge in [-0.2, -0.15) is 10.2 Å². The minimum Gasteiger partial charge on any atom is -0.267 e. The van der Waals surface area contributed by atoms with Crippen LogP contribution in [0.25, 0.3) is 10.8 Å². The first-order valence-corrected chi connectivity index (χ1v) is 9.13. The molecule has 0 saturated carbocycles. The molecule has 0 saturated heterocycles. The van der Waals surface area contributed by atoms with Crippen LogP contribution in [0.2, 0.25) is 0 Å². The van der Waals surface area contributed by atoms with Gasteiger partial charge in [0.2, 0.25) is 0 Å². The van der Waals surface area contributed by atoms with E-state index in [9.17, 15) is 9.59 Å². The summed E-state index contributed by atoms with van der Waals surface area (Å²) in [5.74, 6) is -0.441. The summed E-state index contributed by atoms with van der Waals surface area (Å²) in [6, 6.07) is 10.8. The Kier molecular flexibility index (Phi) is 4.99. The van der Waals surface area contributed by atoms with Gasteiger partial charge in [0.1, 0.15) is 0 Å². The molecule has 1 aromatic carbocycles. The van der Waals surface area contributed by atoms with Crippen LogP contribution in [0.3, 0.4) is 0 Å². The molecule has 0 unspecified atom stereocenters. The van der Waals surface area contributed by atoms with E-state index in [1.165, 1.54) is 9.56 Å². The van der Waals surface area contributed by atoms with E-state index in [1.807, 2.05) is 39.8 Å². The normalized spacial score (nSPS) is 12.0. The predicted molar refractivity (Wildman–Crippen MR) is 105 cm³/mol. The van der Waals surface area contributed by atoms with Crippen LogP contribution in [0.15, 0.2) is 46.3 Å². The summed E-state index contributed by atoms with van der Waals surface area (Å²) in [6.45, 7) is 7.57. The molecular formula is C19H20N4O2S. The highest BCUT2D eigenvalue weighted by atomic mass is 32.1. The fourth-order valence-corrected chi connectivity index (χ4v) is 3.41. The van der Waals surface area contributed by atoms with Crippen LogP contribution < -0.4 is 11.0 Å². The smallest absolute Gasteiger partial charge is 0.267 e. The third-order valence-corrected chi connectivity index (χ3v) is 5.06. The van der Waals surface area contributed by atoms with Gasteiger partial charge in [-0.1, -0.05) is 18.2 Å². The Morgan fingerprint density at radius 2 is 1.88 bits per heavy atom. The molecule has 0 spiro atoms. The number of hydrazone groups is 1. The Morgan fingerprint density at radius 1 is 1.19 bits per heavy atom. The van der Waals surface area contributed by atoms with Gasteiger partial charge in [-0.05, 0) is 45.9 Å². The molecule has 6 nitrogen and oxygen atoms in total.